The smallest absolute Gasteiger partial charge is 0.352 e. The first-order valence-electron chi connectivity index (χ1n) is 4.37. The predicted molar refractivity (Wildman–Crippen MR) is 51.1 cm³/mol. The fraction of sp³-hybridized carbons (Fsp3) is 0.111. The summed E-state index contributed by atoms with van der Waals surface area (Å²) in [5.74, 6) is -0.933. The standard InChI is InChI=1S/C9H7N3O4/c13-8-3-1-2-6(9(14)15)12(8)4-7-10-5-16-11-7/h1-3,5H,4H2,(H,14,15). The molecule has 0 radical (unpaired) electrons. The maximum absolute atomic E-state index is 11.5. The van der Waals surface area contributed by atoms with Gasteiger partial charge >= 0.3 is 5.97 Å². The van der Waals surface area contributed by atoms with Crippen LogP contribution in [0.25, 0.3) is 0 Å². The molecular weight excluding hydrogens is 214 g/mol. The van der Waals surface area contributed by atoms with Crippen molar-refractivity contribution in [1.29, 1.82) is 0 Å². The molecule has 82 valence electrons. The molecule has 0 aromatic carbocycles. The van der Waals surface area contributed by atoms with E-state index < -0.39 is 11.5 Å². The van der Waals surface area contributed by atoms with Gasteiger partial charge in [-0.15, -0.1) is 0 Å². The number of nitrogens with zero attached hydrogens (tertiary/aromatic N) is 3. The van der Waals surface area contributed by atoms with E-state index >= 15 is 0 Å². The highest BCUT2D eigenvalue weighted by molar-refractivity contribution is 5.85. The first-order chi connectivity index (χ1) is 7.68. The van der Waals surface area contributed by atoms with Crippen molar-refractivity contribution in [2.24, 2.45) is 0 Å². The molecule has 1 N–H and O–H groups in total. The molecule has 0 saturated carbocycles. The molecule has 16 heavy (non-hydrogen) atoms. The van der Waals surface area contributed by atoms with Crippen LogP contribution < -0.4 is 5.56 Å². The first-order valence-corrected chi connectivity index (χ1v) is 4.37. The summed E-state index contributed by atoms with van der Waals surface area (Å²) in [5, 5.41) is 12.4. The molecule has 0 spiro atoms. The Hall–Kier alpha value is -2.44. The van der Waals surface area contributed by atoms with Gasteiger partial charge in [0.25, 0.3) is 5.56 Å². The summed E-state index contributed by atoms with van der Waals surface area (Å²) in [6.07, 6.45) is 1.11. The number of aromatic nitrogens is 3. The van der Waals surface area contributed by atoms with Crippen LogP contribution in [0, 0.1) is 0 Å². The minimum absolute atomic E-state index is 0.0300. The van der Waals surface area contributed by atoms with Gasteiger partial charge in [-0.1, -0.05) is 11.2 Å². The van der Waals surface area contributed by atoms with Crippen LogP contribution in [0.3, 0.4) is 0 Å². The van der Waals surface area contributed by atoms with E-state index in [2.05, 4.69) is 14.7 Å². The molecule has 0 fully saturated rings. The number of pyridine rings is 1. The Morgan fingerprint density at radius 3 is 2.94 bits per heavy atom. The fourth-order valence-corrected chi connectivity index (χ4v) is 1.27. The summed E-state index contributed by atoms with van der Waals surface area (Å²) in [6, 6.07) is 3.99. The monoisotopic (exact) mass is 221 g/mol. The van der Waals surface area contributed by atoms with E-state index in [1.165, 1.54) is 18.2 Å². The SMILES string of the molecule is O=C(O)c1cccc(=O)n1Cc1ncon1. The highest BCUT2D eigenvalue weighted by Crippen LogP contribution is 1.99. The van der Waals surface area contributed by atoms with E-state index in [-0.39, 0.29) is 18.1 Å². The third kappa shape index (κ3) is 1.83. The number of carboxylic acids is 1. The summed E-state index contributed by atoms with van der Waals surface area (Å²) in [4.78, 5) is 26.1. The van der Waals surface area contributed by atoms with Crippen molar-refractivity contribution in [2.45, 2.75) is 6.54 Å². The summed E-state index contributed by atoms with van der Waals surface area (Å²) >= 11 is 0. The van der Waals surface area contributed by atoms with Gasteiger partial charge in [-0.2, -0.15) is 4.98 Å². The lowest BCUT2D eigenvalue weighted by Gasteiger charge is -2.05. The Labute approximate surface area is 89.0 Å². The Bertz CT molecular complexity index is 558. The second kappa shape index (κ2) is 3.97. The second-order valence-corrected chi connectivity index (χ2v) is 2.99. The molecule has 7 nitrogen and oxygen atoms in total. The average molecular weight is 221 g/mol. The van der Waals surface area contributed by atoms with Crippen LogP contribution in [0.2, 0.25) is 0 Å². The van der Waals surface area contributed by atoms with Crippen molar-refractivity contribution in [3.63, 3.8) is 0 Å². The van der Waals surface area contributed by atoms with Gasteiger partial charge in [0.1, 0.15) is 5.69 Å². The van der Waals surface area contributed by atoms with Gasteiger partial charge in [0.05, 0.1) is 6.54 Å². The lowest BCUT2D eigenvalue weighted by molar-refractivity contribution is 0.0684. The van der Waals surface area contributed by atoms with Crippen LogP contribution in [-0.2, 0) is 6.54 Å². The van der Waals surface area contributed by atoms with Crippen molar-refractivity contribution in [1.82, 2.24) is 14.7 Å². The number of carbonyl (C=O) groups is 1. The van der Waals surface area contributed by atoms with Crippen molar-refractivity contribution in [3.8, 4) is 0 Å². The molecule has 7 heteroatoms. The average Bonchev–Trinajstić information content (AvgIpc) is 2.73. The largest absolute Gasteiger partial charge is 0.477 e. The minimum Gasteiger partial charge on any atom is -0.477 e. The Morgan fingerprint density at radius 1 is 1.50 bits per heavy atom. The van der Waals surface area contributed by atoms with Gasteiger partial charge < -0.3 is 9.63 Å². The zero-order valence-corrected chi connectivity index (χ0v) is 8.03. The van der Waals surface area contributed by atoms with Gasteiger partial charge in [0.2, 0.25) is 6.39 Å². The summed E-state index contributed by atoms with van der Waals surface area (Å²) in [6.45, 7) is -0.0300. The maximum Gasteiger partial charge on any atom is 0.352 e. The number of hydrogen-bond donors (Lipinski definition) is 1. The molecule has 0 saturated heterocycles. The summed E-state index contributed by atoms with van der Waals surface area (Å²) < 4.78 is 5.57. The van der Waals surface area contributed by atoms with Gasteiger partial charge in [-0.05, 0) is 6.07 Å². The molecule has 0 amide bonds. The Kier molecular flexibility index (Phi) is 2.50. The van der Waals surface area contributed by atoms with Crippen molar-refractivity contribution in [2.75, 3.05) is 0 Å². The van der Waals surface area contributed by atoms with Gasteiger partial charge in [-0.3, -0.25) is 9.36 Å². The van der Waals surface area contributed by atoms with E-state index in [1.54, 1.807) is 0 Å². The highest BCUT2D eigenvalue weighted by atomic mass is 16.5. The van der Waals surface area contributed by atoms with Crippen LogP contribution in [0.1, 0.15) is 16.3 Å². The normalized spacial score (nSPS) is 10.2. The molecule has 0 aliphatic carbocycles. The number of hydrogen-bond acceptors (Lipinski definition) is 5. The van der Waals surface area contributed by atoms with E-state index in [1.807, 2.05) is 0 Å². The Morgan fingerprint density at radius 2 is 2.31 bits per heavy atom. The molecule has 2 rings (SSSR count). The number of carboxylic acid groups (broad SMARTS) is 1. The van der Waals surface area contributed by atoms with Crippen LogP contribution in [-0.4, -0.2) is 25.8 Å². The lowest BCUT2D eigenvalue weighted by atomic mass is 10.3. The zero-order valence-electron chi connectivity index (χ0n) is 8.03. The topological polar surface area (TPSA) is 98.2 Å². The number of rotatable bonds is 3. The molecule has 0 bridgehead atoms. The molecule has 0 aliphatic rings. The molecule has 2 aromatic heterocycles. The van der Waals surface area contributed by atoms with Crippen molar-refractivity contribution in [3.05, 3.63) is 46.5 Å². The molecule has 0 atom stereocenters. The molecule has 2 heterocycles. The van der Waals surface area contributed by atoms with Crippen LogP contribution in [0.5, 0.6) is 0 Å². The lowest BCUT2D eigenvalue weighted by Crippen LogP contribution is -2.25. The maximum atomic E-state index is 11.5. The van der Waals surface area contributed by atoms with E-state index in [9.17, 15) is 9.59 Å². The highest BCUT2D eigenvalue weighted by Gasteiger charge is 2.12. The molecule has 0 aliphatic heterocycles. The predicted octanol–water partition coefficient (Wildman–Crippen LogP) is -0.0222. The van der Waals surface area contributed by atoms with Crippen molar-refractivity contribution < 1.29 is 14.4 Å². The second-order valence-electron chi connectivity index (χ2n) is 2.99. The summed E-state index contributed by atoms with van der Waals surface area (Å²) in [5.41, 5.74) is -0.540. The minimum atomic E-state index is -1.18. The Balaban J connectivity index is 2.46. The molecule has 0 unspecified atom stereocenters. The first kappa shape index (κ1) is 10.1. The van der Waals surface area contributed by atoms with Crippen LogP contribution >= 0.6 is 0 Å². The van der Waals surface area contributed by atoms with Gasteiger partial charge in [0, 0.05) is 6.07 Å². The fourth-order valence-electron chi connectivity index (χ4n) is 1.27. The van der Waals surface area contributed by atoms with E-state index in [0.29, 0.717) is 0 Å². The zero-order chi connectivity index (χ0) is 11.5. The van der Waals surface area contributed by atoms with Gasteiger partial charge in [0.15, 0.2) is 5.82 Å². The number of aromatic carboxylic acids is 1. The van der Waals surface area contributed by atoms with Crippen LogP contribution in [0.4, 0.5) is 0 Å². The summed E-state index contributed by atoms with van der Waals surface area (Å²) in [7, 11) is 0. The van der Waals surface area contributed by atoms with Gasteiger partial charge in [-0.25, -0.2) is 4.79 Å². The third-order valence-electron chi connectivity index (χ3n) is 1.98. The molecule has 2 aromatic rings. The van der Waals surface area contributed by atoms with E-state index in [0.717, 1.165) is 11.0 Å². The quantitative estimate of drug-likeness (QED) is 0.781. The van der Waals surface area contributed by atoms with Crippen molar-refractivity contribution >= 4 is 5.97 Å². The van der Waals surface area contributed by atoms with E-state index in [4.69, 9.17) is 5.11 Å². The molecular formula is C9H7N3O4. The van der Waals surface area contributed by atoms with Crippen LogP contribution in [0.15, 0.2) is 33.9 Å². The third-order valence-corrected chi connectivity index (χ3v) is 1.98.